The van der Waals surface area contributed by atoms with Crippen LogP contribution in [0.25, 0.3) is 5.13 Å². The molecule has 0 unspecified atom stereocenters. The molecule has 0 radical (unpaired) electrons. The van der Waals surface area contributed by atoms with Crippen LogP contribution in [0.3, 0.4) is 0 Å². The molecule has 4 rings (SSSR count). The number of halogens is 2. The van der Waals surface area contributed by atoms with Crippen molar-refractivity contribution in [3.8, 4) is 5.13 Å². The van der Waals surface area contributed by atoms with Gasteiger partial charge in [-0.25, -0.2) is 9.97 Å². The zero-order valence-corrected chi connectivity index (χ0v) is 21.1. The van der Waals surface area contributed by atoms with Gasteiger partial charge >= 0.3 is 0 Å². The molecular weight excluding hydrogens is 548 g/mol. The summed E-state index contributed by atoms with van der Waals surface area (Å²) < 4.78 is 3.26. The van der Waals surface area contributed by atoms with E-state index in [2.05, 4.69) is 47.3 Å². The van der Waals surface area contributed by atoms with Crippen molar-refractivity contribution in [2.45, 2.75) is 31.7 Å². The Balaban J connectivity index is 1.63. The van der Waals surface area contributed by atoms with Crippen molar-refractivity contribution in [2.24, 2.45) is 0 Å². The van der Waals surface area contributed by atoms with E-state index in [1.807, 2.05) is 13.0 Å². The Kier molecular flexibility index (Phi) is 6.27. The predicted molar refractivity (Wildman–Crippen MR) is 125 cm³/mol. The van der Waals surface area contributed by atoms with Crippen LogP contribution in [-0.2, 0) is 0 Å². The van der Waals surface area contributed by atoms with Gasteiger partial charge in [0.25, 0.3) is 11.8 Å². The highest BCUT2D eigenvalue weighted by Crippen LogP contribution is 2.39. The lowest BCUT2D eigenvalue weighted by molar-refractivity contribution is 0.0831. The Morgan fingerprint density at radius 2 is 1.90 bits per heavy atom. The normalized spacial score (nSPS) is 14.4. The molecule has 1 aromatic carbocycles. The number of carbonyl (C=O) groups excluding carboxylic acids is 2. The highest BCUT2D eigenvalue weighted by atomic mass is 79.9. The summed E-state index contributed by atoms with van der Waals surface area (Å²) >= 11 is 8.07. The molecule has 3 aromatic rings. The van der Waals surface area contributed by atoms with Crippen LogP contribution in [0.1, 0.15) is 63.4 Å². The Bertz CT molecular complexity index is 1130. The van der Waals surface area contributed by atoms with Crippen molar-refractivity contribution in [1.29, 1.82) is 0 Å². The van der Waals surface area contributed by atoms with Gasteiger partial charge in [-0.2, -0.15) is 4.68 Å². The Morgan fingerprint density at radius 1 is 1.23 bits per heavy atom. The average Bonchev–Trinajstić information content (AvgIpc) is 3.27. The van der Waals surface area contributed by atoms with Gasteiger partial charge in [0.1, 0.15) is 4.88 Å². The van der Waals surface area contributed by atoms with Gasteiger partial charge in [-0.3, -0.25) is 9.59 Å². The third-order valence-electron chi connectivity index (χ3n) is 4.74. The van der Waals surface area contributed by atoms with E-state index in [1.165, 1.54) is 16.2 Å². The second kappa shape index (κ2) is 8.79. The van der Waals surface area contributed by atoms with Crippen molar-refractivity contribution in [1.82, 2.24) is 30.0 Å². The third kappa shape index (κ3) is 4.88. The topological polar surface area (TPSA) is 93.0 Å². The highest BCUT2D eigenvalue weighted by molar-refractivity contribution is 9.11. The van der Waals surface area contributed by atoms with Crippen molar-refractivity contribution in [2.75, 3.05) is 14.1 Å². The summed E-state index contributed by atoms with van der Waals surface area (Å²) in [5.41, 5.74) is 0.523. The van der Waals surface area contributed by atoms with Crippen LogP contribution in [0.4, 0.5) is 0 Å². The van der Waals surface area contributed by atoms with Crippen LogP contribution >= 0.6 is 43.2 Å². The summed E-state index contributed by atoms with van der Waals surface area (Å²) in [6.45, 7) is 1.86. The summed E-state index contributed by atoms with van der Waals surface area (Å²) in [4.78, 5) is 36.2. The first kappa shape index (κ1) is 22.1. The van der Waals surface area contributed by atoms with E-state index < -0.39 is 6.04 Å². The maximum Gasteiger partial charge on any atom is 0.265 e. The fourth-order valence-corrected chi connectivity index (χ4v) is 5.18. The molecule has 1 fully saturated rings. The highest BCUT2D eigenvalue weighted by Gasteiger charge is 2.31. The number of rotatable bonds is 6. The first-order valence-electron chi connectivity index (χ1n) is 9.64. The Morgan fingerprint density at radius 3 is 2.52 bits per heavy atom. The first-order chi connectivity index (χ1) is 14.7. The molecule has 1 aliphatic rings. The molecule has 0 spiro atoms. The van der Waals surface area contributed by atoms with Crippen LogP contribution in [0.5, 0.6) is 0 Å². The number of hydrogen-bond donors (Lipinski definition) is 1. The monoisotopic (exact) mass is 566 g/mol. The van der Waals surface area contributed by atoms with Gasteiger partial charge in [0.15, 0.2) is 11.6 Å². The van der Waals surface area contributed by atoms with Crippen LogP contribution in [0, 0.1) is 0 Å². The van der Waals surface area contributed by atoms with Gasteiger partial charge in [0.2, 0.25) is 5.13 Å². The summed E-state index contributed by atoms with van der Waals surface area (Å²) in [7, 11) is 3.40. The lowest BCUT2D eigenvalue weighted by Gasteiger charge is -2.14. The number of nitrogens with one attached hydrogen (secondary N) is 1. The van der Waals surface area contributed by atoms with E-state index in [1.54, 1.807) is 37.1 Å². The zero-order valence-electron chi connectivity index (χ0n) is 17.1. The van der Waals surface area contributed by atoms with Gasteiger partial charge in [-0.05, 0) is 38.0 Å². The average molecular weight is 568 g/mol. The lowest BCUT2D eigenvalue weighted by Crippen LogP contribution is -2.28. The SMILES string of the molecule is C[C@H](NC(=O)c1cc(Br)cc(Br)c1)c1nc(C2CC2)nn1-c1ncc(C(=O)N(C)C)s1. The lowest BCUT2D eigenvalue weighted by atomic mass is 10.2. The second-order valence-electron chi connectivity index (χ2n) is 7.57. The third-order valence-corrected chi connectivity index (χ3v) is 6.62. The largest absolute Gasteiger partial charge is 0.344 e. The number of amides is 2. The minimum absolute atomic E-state index is 0.116. The number of thiazole rings is 1. The molecule has 1 saturated carbocycles. The van der Waals surface area contributed by atoms with Crippen LogP contribution in [-0.4, -0.2) is 50.6 Å². The molecule has 162 valence electrons. The summed E-state index contributed by atoms with van der Waals surface area (Å²) in [5.74, 6) is 1.33. The second-order valence-corrected chi connectivity index (χ2v) is 10.4. The van der Waals surface area contributed by atoms with Crippen molar-refractivity contribution in [3.63, 3.8) is 0 Å². The predicted octanol–water partition coefficient (Wildman–Crippen LogP) is 4.32. The van der Waals surface area contributed by atoms with Crippen LogP contribution < -0.4 is 5.32 Å². The van der Waals surface area contributed by atoms with Gasteiger partial charge in [0.05, 0.1) is 12.2 Å². The summed E-state index contributed by atoms with van der Waals surface area (Å²) in [5, 5.41) is 8.19. The maximum atomic E-state index is 12.8. The minimum atomic E-state index is -0.415. The first-order valence-corrected chi connectivity index (χ1v) is 12.0. The van der Waals surface area contributed by atoms with Crippen molar-refractivity contribution < 1.29 is 9.59 Å². The molecule has 2 amide bonds. The molecule has 2 aromatic heterocycles. The molecule has 1 N–H and O–H groups in total. The molecule has 0 bridgehead atoms. The number of benzene rings is 1. The van der Waals surface area contributed by atoms with E-state index in [9.17, 15) is 9.59 Å². The van der Waals surface area contributed by atoms with E-state index in [-0.39, 0.29) is 11.8 Å². The standard InChI is InChI=1S/C20H20Br2N6O2S/c1-10(24-18(29)12-6-13(21)8-14(22)7-12)17-25-16(11-4-5-11)26-28(17)20-23-9-15(31-20)19(30)27(2)3/h6-11H,4-5H2,1-3H3,(H,24,29)/t10-/m0/s1. The van der Waals surface area contributed by atoms with Crippen LogP contribution in [0.15, 0.2) is 33.3 Å². The summed E-state index contributed by atoms with van der Waals surface area (Å²) in [6.07, 6.45) is 3.66. The minimum Gasteiger partial charge on any atom is -0.344 e. The number of hydrogen-bond acceptors (Lipinski definition) is 6. The fraction of sp³-hybridized carbons (Fsp3) is 0.350. The smallest absolute Gasteiger partial charge is 0.265 e. The van der Waals surface area contributed by atoms with Gasteiger partial charge < -0.3 is 10.2 Å². The zero-order chi connectivity index (χ0) is 22.3. The quantitative estimate of drug-likeness (QED) is 0.479. The molecule has 8 nitrogen and oxygen atoms in total. The molecule has 0 saturated heterocycles. The Labute approximate surface area is 200 Å². The van der Waals surface area contributed by atoms with Gasteiger partial charge in [-0.1, -0.05) is 43.2 Å². The molecule has 31 heavy (non-hydrogen) atoms. The molecule has 1 atom stereocenters. The molecule has 0 aliphatic heterocycles. The molecule has 11 heteroatoms. The molecular formula is C20H20Br2N6O2S. The number of aromatic nitrogens is 4. The number of carbonyl (C=O) groups is 2. The van der Waals surface area contributed by atoms with E-state index in [0.29, 0.717) is 27.3 Å². The van der Waals surface area contributed by atoms with Gasteiger partial charge in [0, 0.05) is 34.5 Å². The van der Waals surface area contributed by atoms with Crippen molar-refractivity contribution >= 4 is 55.0 Å². The molecule has 1 aliphatic carbocycles. The van der Waals surface area contributed by atoms with E-state index in [0.717, 1.165) is 27.6 Å². The van der Waals surface area contributed by atoms with Crippen LogP contribution in [0.2, 0.25) is 0 Å². The Hall–Kier alpha value is -2.11. The maximum absolute atomic E-state index is 12.8. The van der Waals surface area contributed by atoms with E-state index >= 15 is 0 Å². The summed E-state index contributed by atoms with van der Waals surface area (Å²) in [6, 6.07) is 4.97. The fourth-order valence-electron chi connectivity index (χ4n) is 2.99. The van der Waals surface area contributed by atoms with Crippen molar-refractivity contribution in [3.05, 3.63) is 55.4 Å². The number of nitrogens with zero attached hydrogens (tertiary/aromatic N) is 5. The molecule has 2 heterocycles. The van der Waals surface area contributed by atoms with Gasteiger partial charge in [-0.15, -0.1) is 5.10 Å². The van der Waals surface area contributed by atoms with E-state index in [4.69, 9.17) is 4.98 Å².